The molecule has 0 fully saturated rings. The second-order valence-electron chi connectivity index (χ2n) is 8.58. The quantitative estimate of drug-likeness (QED) is 0.217. The Bertz CT molecular complexity index is 1180. The highest BCUT2D eigenvalue weighted by Crippen LogP contribution is 2.18. The largest absolute Gasteiger partial charge is 0.343 e. The zero-order chi connectivity index (χ0) is 26.6. The number of carbonyl (C=O) groups is 3. The van der Waals surface area contributed by atoms with Crippen LogP contribution in [0.1, 0.15) is 18.4 Å². The van der Waals surface area contributed by atoms with Gasteiger partial charge in [0.15, 0.2) is 5.82 Å². The number of nitrogens with zero attached hydrogens (tertiary/aromatic N) is 3. The van der Waals surface area contributed by atoms with Gasteiger partial charge in [0.1, 0.15) is 11.6 Å². The number of rotatable bonds is 13. The SMILES string of the molecule is NCCN(CCN)C(=O)C[C@H](N)C(=O)N[C@@H](CCc1ccccc1)C(=O)Nc1nccc2cccnc12. The maximum Gasteiger partial charge on any atom is 0.248 e. The number of carbonyl (C=O) groups excluding carboxylic acids is 3. The summed E-state index contributed by atoms with van der Waals surface area (Å²) in [6.45, 7) is 1.18. The molecule has 2 heterocycles. The van der Waals surface area contributed by atoms with Gasteiger partial charge >= 0.3 is 0 Å². The number of aryl methyl sites for hydroxylation is 1. The standard InChI is InChI=1S/C26H34N8O3/c27-11-15-34(16-12-28)22(35)17-20(29)25(36)32-21(9-8-18-5-2-1-3-6-18)26(37)33-24-23-19(10-14-31-24)7-4-13-30-23/h1-7,10,13-14,20-21H,8-9,11-12,15-17,27-29H2,(H,32,36)(H,31,33,37)/t20-,21-/m0/s1. The van der Waals surface area contributed by atoms with Gasteiger partial charge in [0.2, 0.25) is 17.7 Å². The minimum Gasteiger partial charge on any atom is -0.343 e. The lowest BCUT2D eigenvalue weighted by molar-refractivity contribution is -0.134. The second kappa shape index (κ2) is 14.0. The highest BCUT2D eigenvalue weighted by molar-refractivity contribution is 6.02. The highest BCUT2D eigenvalue weighted by atomic mass is 16.2. The first kappa shape index (κ1) is 27.7. The number of anilines is 1. The lowest BCUT2D eigenvalue weighted by Gasteiger charge is -2.24. The molecule has 11 heteroatoms. The smallest absolute Gasteiger partial charge is 0.248 e. The molecule has 3 aromatic rings. The average Bonchev–Trinajstić information content (AvgIpc) is 2.91. The van der Waals surface area contributed by atoms with E-state index in [0.717, 1.165) is 10.9 Å². The predicted molar refractivity (Wildman–Crippen MR) is 142 cm³/mol. The van der Waals surface area contributed by atoms with Crippen molar-refractivity contribution in [3.8, 4) is 0 Å². The van der Waals surface area contributed by atoms with E-state index in [4.69, 9.17) is 17.2 Å². The van der Waals surface area contributed by atoms with E-state index in [1.54, 1.807) is 24.5 Å². The Balaban J connectivity index is 1.72. The number of fused-ring (bicyclic) bond motifs is 1. The third-order valence-corrected chi connectivity index (χ3v) is 5.84. The molecule has 0 saturated carbocycles. The molecule has 2 atom stereocenters. The van der Waals surface area contributed by atoms with Crippen molar-refractivity contribution in [1.82, 2.24) is 20.2 Å². The van der Waals surface area contributed by atoms with E-state index in [0.29, 0.717) is 37.3 Å². The van der Waals surface area contributed by atoms with Gasteiger partial charge in [0, 0.05) is 44.0 Å². The molecule has 1 aromatic carbocycles. The van der Waals surface area contributed by atoms with Crippen molar-refractivity contribution in [3.05, 3.63) is 66.5 Å². The Morgan fingerprint density at radius 3 is 2.32 bits per heavy atom. The molecule has 0 aliphatic heterocycles. The van der Waals surface area contributed by atoms with Gasteiger partial charge < -0.3 is 32.7 Å². The molecule has 196 valence electrons. The fraction of sp³-hybridized carbons (Fsp3) is 0.346. The summed E-state index contributed by atoms with van der Waals surface area (Å²) in [6.07, 6.45) is 3.81. The summed E-state index contributed by atoms with van der Waals surface area (Å²) in [5, 5.41) is 6.32. The number of amides is 3. The molecular formula is C26H34N8O3. The monoisotopic (exact) mass is 506 g/mol. The lowest BCUT2D eigenvalue weighted by atomic mass is 10.0. The fourth-order valence-electron chi connectivity index (χ4n) is 3.88. The van der Waals surface area contributed by atoms with Crippen LogP contribution in [-0.4, -0.2) is 70.9 Å². The zero-order valence-electron chi connectivity index (χ0n) is 20.7. The number of hydrogen-bond donors (Lipinski definition) is 5. The van der Waals surface area contributed by atoms with E-state index in [9.17, 15) is 14.4 Å². The fourth-order valence-corrected chi connectivity index (χ4v) is 3.88. The normalized spacial score (nSPS) is 12.5. The zero-order valence-corrected chi connectivity index (χ0v) is 20.7. The Labute approximate surface area is 215 Å². The maximum absolute atomic E-state index is 13.3. The maximum atomic E-state index is 13.3. The summed E-state index contributed by atoms with van der Waals surface area (Å²) in [4.78, 5) is 48.9. The molecule has 3 rings (SSSR count). The average molecular weight is 507 g/mol. The van der Waals surface area contributed by atoms with Gasteiger partial charge in [-0.3, -0.25) is 19.4 Å². The van der Waals surface area contributed by atoms with Crippen LogP contribution in [0.2, 0.25) is 0 Å². The highest BCUT2D eigenvalue weighted by Gasteiger charge is 2.27. The second-order valence-corrected chi connectivity index (χ2v) is 8.58. The van der Waals surface area contributed by atoms with Gasteiger partial charge in [0.05, 0.1) is 12.5 Å². The molecule has 0 radical (unpaired) electrons. The molecule has 11 nitrogen and oxygen atoms in total. The summed E-state index contributed by atoms with van der Waals surface area (Å²) in [5.41, 5.74) is 18.7. The summed E-state index contributed by atoms with van der Waals surface area (Å²) in [7, 11) is 0. The Kier molecular flexibility index (Phi) is 10.4. The van der Waals surface area contributed by atoms with Crippen LogP contribution in [0.5, 0.6) is 0 Å². The van der Waals surface area contributed by atoms with Crippen molar-refractivity contribution >= 4 is 34.4 Å². The molecule has 0 bridgehead atoms. The molecule has 2 aromatic heterocycles. The molecular weight excluding hydrogens is 472 g/mol. The first-order valence-electron chi connectivity index (χ1n) is 12.2. The summed E-state index contributed by atoms with van der Waals surface area (Å²) in [6, 6.07) is 13.0. The van der Waals surface area contributed by atoms with Crippen molar-refractivity contribution in [1.29, 1.82) is 0 Å². The van der Waals surface area contributed by atoms with Crippen LogP contribution in [0, 0.1) is 0 Å². The van der Waals surface area contributed by atoms with Crippen LogP contribution in [-0.2, 0) is 20.8 Å². The minimum atomic E-state index is -1.14. The number of benzene rings is 1. The van der Waals surface area contributed by atoms with Crippen molar-refractivity contribution in [2.24, 2.45) is 17.2 Å². The molecule has 0 unspecified atom stereocenters. The van der Waals surface area contributed by atoms with Gasteiger partial charge in [-0.2, -0.15) is 0 Å². The Hall–Kier alpha value is -3.93. The van der Waals surface area contributed by atoms with E-state index in [2.05, 4.69) is 20.6 Å². The third kappa shape index (κ3) is 8.04. The van der Waals surface area contributed by atoms with Crippen LogP contribution < -0.4 is 27.8 Å². The van der Waals surface area contributed by atoms with Gasteiger partial charge in [-0.25, -0.2) is 4.98 Å². The van der Waals surface area contributed by atoms with E-state index in [1.165, 1.54) is 4.90 Å². The van der Waals surface area contributed by atoms with Crippen molar-refractivity contribution in [2.75, 3.05) is 31.5 Å². The number of aromatic nitrogens is 2. The topological polar surface area (TPSA) is 182 Å². The van der Waals surface area contributed by atoms with E-state index >= 15 is 0 Å². The summed E-state index contributed by atoms with van der Waals surface area (Å²) >= 11 is 0. The lowest BCUT2D eigenvalue weighted by Crippen LogP contribution is -2.52. The van der Waals surface area contributed by atoms with Gasteiger partial charge in [0.25, 0.3) is 0 Å². The summed E-state index contributed by atoms with van der Waals surface area (Å²) in [5.74, 6) is -1.09. The van der Waals surface area contributed by atoms with E-state index in [1.807, 2.05) is 36.4 Å². The molecule has 0 saturated heterocycles. The number of nitrogens with two attached hydrogens (primary N) is 3. The Morgan fingerprint density at radius 1 is 0.892 bits per heavy atom. The molecule has 0 aliphatic carbocycles. The number of nitrogens with one attached hydrogen (secondary N) is 2. The third-order valence-electron chi connectivity index (χ3n) is 5.84. The van der Waals surface area contributed by atoms with Crippen molar-refractivity contribution in [3.63, 3.8) is 0 Å². The van der Waals surface area contributed by atoms with Crippen LogP contribution in [0.3, 0.4) is 0 Å². The van der Waals surface area contributed by atoms with Gasteiger partial charge in [-0.1, -0.05) is 36.4 Å². The molecule has 0 aliphatic rings. The van der Waals surface area contributed by atoms with E-state index in [-0.39, 0.29) is 25.4 Å². The van der Waals surface area contributed by atoms with Crippen molar-refractivity contribution < 1.29 is 14.4 Å². The predicted octanol–water partition coefficient (Wildman–Crippen LogP) is 0.149. The van der Waals surface area contributed by atoms with Crippen LogP contribution in [0.25, 0.3) is 10.9 Å². The van der Waals surface area contributed by atoms with Crippen LogP contribution in [0.4, 0.5) is 5.82 Å². The Morgan fingerprint density at radius 2 is 1.62 bits per heavy atom. The van der Waals surface area contributed by atoms with Crippen LogP contribution in [0.15, 0.2) is 60.9 Å². The van der Waals surface area contributed by atoms with Crippen molar-refractivity contribution in [2.45, 2.75) is 31.3 Å². The molecule has 0 spiro atoms. The number of pyridine rings is 2. The summed E-state index contributed by atoms with van der Waals surface area (Å²) < 4.78 is 0. The molecule has 37 heavy (non-hydrogen) atoms. The van der Waals surface area contributed by atoms with Gasteiger partial charge in [-0.15, -0.1) is 0 Å². The van der Waals surface area contributed by atoms with E-state index < -0.39 is 23.9 Å². The van der Waals surface area contributed by atoms with Gasteiger partial charge in [-0.05, 0) is 30.5 Å². The molecule has 8 N–H and O–H groups in total. The molecule has 3 amide bonds. The first-order valence-corrected chi connectivity index (χ1v) is 12.2. The first-order chi connectivity index (χ1) is 17.9. The minimum absolute atomic E-state index is 0.229. The van der Waals surface area contributed by atoms with Crippen LogP contribution >= 0.6 is 0 Å². The number of hydrogen-bond acceptors (Lipinski definition) is 8.